The molecule has 0 atom stereocenters. The molecule has 3 rings (SSSR count). The molecule has 27 heavy (non-hydrogen) atoms. The number of anilines is 5. The van der Waals surface area contributed by atoms with E-state index in [-0.39, 0.29) is 0 Å². The molecule has 0 saturated heterocycles. The van der Waals surface area contributed by atoms with Crippen molar-refractivity contribution in [1.82, 2.24) is 19.7 Å². The molecule has 0 spiro atoms. The van der Waals surface area contributed by atoms with Crippen molar-refractivity contribution < 1.29 is 9.18 Å². The SMILES string of the molecule is C=C(F)C(=O)Nc1cccc(Nc2nc(Nc3cnn(C)c3)ncc2Cl)c1. The predicted molar refractivity (Wildman–Crippen MR) is 102 cm³/mol. The van der Waals surface area contributed by atoms with Gasteiger partial charge in [0.1, 0.15) is 5.02 Å². The highest BCUT2D eigenvalue weighted by molar-refractivity contribution is 6.32. The maximum Gasteiger partial charge on any atom is 0.283 e. The maximum atomic E-state index is 12.8. The molecule has 0 saturated carbocycles. The number of aryl methyl sites for hydroxylation is 1. The molecule has 0 aliphatic heterocycles. The number of nitrogens with one attached hydrogen (secondary N) is 3. The third kappa shape index (κ3) is 4.79. The minimum Gasteiger partial charge on any atom is -0.339 e. The van der Waals surface area contributed by atoms with Crippen LogP contribution in [0.2, 0.25) is 5.02 Å². The fourth-order valence-electron chi connectivity index (χ4n) is 2.14. The lowest BCUT2D eigenvalue weighted by Crippen LogP contribution is -2.11. The van der Waals surface area contributed by atoms with Crippen LogP contribution < -0.4 is 16.0 Å². The van der Waals surface area contributed by atoms with Crippen LogP contribution in [0.3, 0.4) is 0 Å². The number of carbonyl (C=O) groups is 1. The molecule has 0 fully saturated rings. The molecule has 3 aromatic rings. The quantitative estimate of drug-likeness (QED) is 0.557. The third-order valence-electron chi connectivity index (χ3n) is 3.33. The van der Waals surface area contributed by atoms with Crippen LogP contribution in [0.15, 0.2) is 55.3 Å². The average molecular weight is 388 g/mol. The van der Waals surface area contributed by atoms with E-state index in [0.29, 0.717) is 28.2 Å². The van der Waals surface area contributed by atoms with Crippen molar-refractivity contribution in [2.45, 2.75) is 0 Å². The van der Waals surface area contributed by atoms with Crippen molar-refractivity contribution >= 4 is 46.3 Å². The van der Waals surface area contributed by atoms with Crippen LogP contribution in [0, 0.1) is 0 Å². The molecule has 8 nitrogen and oxygen atoms in total. The Morgan fingerprint density at radius 3 is 2.70 bits per heavy atom. The van der Waals surface area contributed by atoms with Gasteiger partial charge in [-0.15, -0.1) is 0 Å². The molecule has 138 valence electrons. The average Bonchev–Trinajstić information content (AvgIpc) is 3.03. The van der Waals surface area contributed by atoms with Gasteiger partial charge in [0.25, 0.3) is 5.91 Å². The first kappa shape index (κ1) is 18.3. The third-order valence-corrected chi connectivity index (χ3v) is 3.61. The normalized spacial score (nSPS) is 10.3. The van der Waals surface area contributed by atoms with Crippen LogP contribution >= 0.6 is 11.6 Å². The monoisotopic (exact) mass is 387 g/mol. The molecule has 2 aromatic heterocycles. The highest BCUT2D eigenvalue weighted by atomic mass is 35.5. The van der Waals surface area contributed by atoms with E-state index in [1.807, 2.05) is 0 Å². The second kappa shape index (κ2) is 7.83. The zero-order valence-electron chi connectivity index (χ0n) is 14.2. The first-order valence-electron chi connectivity index (χ1n) is 7.72. The Kier molecular flexibility index (Phi) is 5.32. The number of aromatic nitrogens is 4. The molecular formula is C17H15ClFN7O. The van der Waals surface area contributed by atoms with Gasteiger partial charge in [0, 0.05) is 24.6 Å². The number of nitrogens with zero attached hydrogens (tertiary/aromatic N) is 4. The first-order valence-corrected chi connectivity index (χ1v) is 8.09. The molecule has 0 bridgehead atoms. The van der Waals surface area contributed by atoms with Crippen LogP contribution in [0.1, 0.15) is 0 Å². The predicted octanol–water partition coefficient (Wildman–Crippen LogP) is 3.77. The molecule has 0 aliphatic carbocycles. The van der Waals surface area contributed by atoms with Gasteiger partial charge >= 0.3 is 0 Å². The Bertz CT molecular complexity index is 1000. The van der Waals surface area contributed by atoms with Gasteiger partial charge in [-0.3, -0.25) is 9.48 Å². The first-order chi connectivity index (χ1) is 12.9. The van der Waals surface area contributed by atoms with Crippen molar-refractivity contribution in [1.29, 1.82) is 0 Å². The minimum atomic E-state index is -1.07. The Labute approximate surface area is 159 Å². The van der Waals surface area contributed by atoms with E-state index in [9.17, 15) is 9.18 Å². The summed E-state index contributed by atoms with van der Waals surface area (Å²) in [6.45, 7) is 2.96. The summed E-state index contributed by atoms with van der Waals surface area (Å²) in [5, 5.41) is 12.8. The van der Waals surface area contributed by atoms with Gasteiger partial charge in [-0.25, -0.2) is 9.37 Å². The Balaban J connectivity index is 1.77. The molecule has 3 N–H and O–H groups in total. The molecule has 10 heteroatoms. The highest BCUT2D eigenvalue weighted by Gasteiger charge is 2.09. The van der Waals surface area contributed by atoms with E-state index in [1.165, 1.54) is 6.20 Å². The zero-order chi connectivity index (χ0) is 19.4. The number of amides is 1. The number of rotatable bonds is 6. The lowest BCUT2D eigenvalue weighted by Gasteiger charge is -2.11. The van der Waals surface area contributed by atoms with Crippen molar-refractivity contribution in [3.05, 3.63) is 60.3 Å². The minimum absolute atomic E-state index is 0.304. The van der Waals surface area contributed by atoms with E-state index < -0.39 is 11.7 Å². The van der Waals surface area contributed by atoms with E-state index in [1.54, 1.807) is 48.4 Å². The van der Waals surface area contributed by atoms with Gasteiger partial charge in [-0.2, -0.15) is 10.1 Å². The Morgan fingerprint density at radius 2 is 2.00 bits per heavy atom. The summed E-state index contributed by atoms with van der Waals surface area (Å²) >= 11 is 6.16. The van der Waals surface area contributed by atoms with Crippen LogP contribution in [0.25, 0.3) is 0 Å². The topological polar surface area (TPSA) is 96.8 Å². The van der Waals surface area contributed by atoms with E-state index in [0.717, 1.165) is 5.69 Å². The van der Waals surface area contributed by atoms with Gasteiger partial charge in [0.05, 0.1) is 18.1 Å². The van der Waals surface area contributed by atoms with Crippen molar-refractivity contribution in [3.63, 3.8) is 0 Å². The summed E-state index contributed by atoms with van der Waals surface area (Å²) in [5.74, 6) is -1.29. The fraction of sp³-hybridized carbons (Fsp3) is 0.0588. The molecular weight excluding hydrogens is 373 g/mol. The molecule has 2 heterocycles. The van der Waals surface area contributed by atoms with Crippen LogP contribution in [0.4, 0.5) is 33.2 Å². The van der Waals surface area contributed by atoms with Crippen LogP contribution in [0.5, 0.6) is 0 Å². The smallest absolute Gasteiger partial charge is 0.283 e. The molecule has 0 aliphatic rings. The Morgan fingerprint density at radius 1 is 1.22 bits per heavy atom. The molecule has 1 aromatic carbocycles. The van der Waals surface area contributed by atoms with Crippen LogP contribution in [-0.2, 0) is 11.8 Å². The van der Waals surface area contributed by atoms with Gasteiger partial charge in [0.15, 0.2) is 11.6 Å². The highest BCUT2D eigenvalue weighted by Crippen LogP contribution is 2.26. The number of hydrogen-bond acceptors (Lipinski definition) is 6. The van der Waals surface area contributed by atoms with E-state index >= 15 is 0 Å². The largest absolute Gasteiger partial charge is 0.339 e. The summed E-state index contributed by atoms with van der Waals surface area (Å²) in [7, 11) is 1.80. The zero-order valence-corrected chi connectivity index (χ0v) is 15.0. The van der Waals surface area contributed by atoms with E-state index in [2.05, 4.69) is 37.6 Å². The summed E-state index contributed by atoms with van der Waals surface area (Å²) in [6, 6.07) is 6.64. The second-order valence-electron chi connectivity index (χ2n) is 5.48. The summed E-state index contributed by atoms with van der Waals surface area (Å²) in [6.07, 6.45) is 4.86. The van der Waals surface area contributed by atoms with Crippen molar-refractivity contribution in [2.24, 2.45) is 7.05 Å². The van der Waals surface area contributed by atoms with Gasteiger partial charge in [0.2, 0.25) is 5.95 Å². The van der Waals surface area contributed by atoms with Gasteiger partial charge in [-0.1, -0.05) is 24.2 Å². The fourth-order valence-corrected chi connectivity index (χ4v) is 2.28. The molecule has 1 amide bonds. The lowest BCUT2D eigenvalue weighted by molar-refractivity contribution is -0.114. The molecule has 0 unspecified atom stereocenters. The summed E-state index contributed by atoms with van der Waals surface area (Å²) in [4.78, 5) is 19.8. The van der Waals surface area contributed by atoms with Crippen molar-refractivity contribution in [2.75, 3.05) is 16.0 Å². The maximum absolute atomic E-state index is 12.8. The van der Waals surface area contributed by atoms with Crippen molar-refractivity contribution in [3.8, 4) is 0 Å². The van der Waals surface area contributed by atoms with Crippen LogP contribution in [-0.4, -0.2) is 25.7 Å². The lowest BCUT2D eigenvalue weighted by atomic mass is 10.2. The van der Waals surface area contributed by atoms with Gasteiger partial charge < -0.3 is 16.0 Å². The summed E-state index contributed by atoms with van der Waals surface area (Å²) in [5.41, 5.74) is 1.70. The second-order valence-corrected chi connectivity index (χ2v) is 5.89. The number of benzene rings is 1. The standard InChI is InChI=1S/C17H15ClFN7O/c1-10(19)16(27)23-12-5-3-4-11(6-12)22-15-14(18)8-20-17(25-15)24-13-7-21-26(2)9-13/h3-9H,1H2,2H3,(H,23,27)(H2,20,22,24,25). The number of carbonyl (C=O) groups excluding carboxylic acids is 1. The number of hydrogen-bond donors (Lipinski definition) is 3. The van der Waals surface area contributed by atoms with Gasteiger partial charge in [-0.05, 0) is 18.2 Å². The summed E-state index contributed by atoms with van der Waals surface area (Å²) < 4.78 is 14.5. The Hall–Kier alpha value is -3.46. The van der Waals surface area contributed by atoms with E-state index in [4.69, 9.17) is 11.6 Å². The molecule has 0 radical (unpaired) electrons. The number of halogens is 2.